The number of benzene rings is 1. The first-order chi connectivity index (χ1) is 8.31. The summed E-state index contributed by atoms with van der Waals surface area (Å²) in [5, 5.41) is 6.57. The normalized spacial score (nSPS) is 12.3. The minimum Gasteiger partial charge on any atom is -0.399 e. The molecule has 1 atom stereocenters. The molecule has 0 radical (unpaired) electrons. The third-order valence-corrected chi connectivity index (χ3v) is 2.85. The van der Waals surface area contributed by atoms with Crippen LogP contribution in [-0.4, -0.2) is 18.0 Å². The van der Waals surface area contributed by atoms with Crippen LogP contribution in [0.5, 0.6) is 0 Å². The number of amides is 1. The van der Waals surface area contributed by atoms with E-state index >= 15 is 0 Å². The van der Waals surface area contributed by atoms with Crippen molar-refractivity contribution in [2.75, 3.05) is 11.1 Å². The van der Waals surface area contributed by atoms with Gasteiger partial charge in [0.1, 0.15) is 6.04 Å². The van der Waals surface area contributed by atoms with Gasteiger partial charge in [0.05, 0.1) is 15.7 Å². The van der Waals surface area contributed by atoms with Gasteiger partial charge in [0, 0.05) is 11.7 Å². The van der Waals surface area contributed by atoms with Gasteiger partial charge < -0.3 is 16.4 Å². The summed E-state index contributed by atoms with van der Waals surface area (Å²) >= 11 is 12.1. The number of anilines is 2. The fraction of sp³-hybridized carbons (Fsp3) is 0.417. The van der Waals surface area contributed by atoms with E-state index in [4.69, 9.17) is 28.9 Å². The van der Waals surface area contributed by atoms with Crippen LogP contribution in [0, 0.1) is 0 Å². The van der Waals surface area contributed by atoms with E-state index in [-0.39, 0.29) is 11.9 Å². The molecule has 1 aromatic rings. The Morgan fingerprint density at radius 2 is 1.72 bits per heavy atom. The van der Waals surface area contributed by atoms with Gasteiger partial charge in [0.15, 0.2) is 0 Å². The first-order valence-electron chi connectivity index (χ1n) is 5.62. The van der Waals surface area contributed by atoms with Gasteiger partial charge in [0.25, 0.3) is 0 Å². The number of rotatable bonds is 4. The first-order valence-corrected chi connectivity index (χ1v) is 6.38. The molecule has 1 amide bonds. The summed E-state index contributed by atoms with van der Waals surface area (Å²) < 4.78 is 0. The number of carbonyl (C=O) groups is 1. The fourth-order valence-electron chi connectivity index (χ4n) is 1.42. The van der Waals surface area contributed by atoms with E-state index in [2.05, 4.69) is 10.6 Å². The fourth-order valence-corrected chi connectivity index (χ4v) is 2.04. The smallest absolute Gasteiger partial charge is 0.242 e. The van der Waals surface area contributed by atoms with Gasteiger partial charge in [-0.15, -0.1) is 0 Å². The molecule has 0 aliphatic carbocycles. The Balaban J connectivity index is 2.82. The van der Waals surface area contributed by atoms with Crippen molar-refractivity contribution in [1.82, 2.24) is 5.32 Å². The van der Waals surface area contributed by atoms with E-state index in [9.17, 15) is 4.79 Å². The molecule has 0 aromatic heterocycles. The molecule has 0 heterocycles. The van der Waals surface area contributed by atoms with Crippen LogP contribution in [0.1, 0.15) is 20.8 Å². The molecule has 0 spiro atoms. The molecule has 0 saturated carbocycles. The number of hydrogen-bond donors (Lipinski definition) is 3. The number of nitrogens with two attached hydrogens (primary N) is 1. The zero-order chi connectivity index (χ0) is 13.9. The Morgan fingerprint density at radius 3 is 2.17 bits per heavy atom. The molecule has 1 unspecified atom stereocenters. The van der Waals surface area contributed by atoms with Gasteiger partial charge in [-0.1, -0.05) is 23.2 Å². The summed E-state index contributed by atoms with van der Waals surface area (Å²) in [6.07, 6.45) is 0. The van der Waals surface area contributed by atoms with Crippen LogP contribution in [0.3, 0.4) is 0 Å². The molecule has 1 aromatic carbocycles. The molecular formula is C12H17Cl2N3O. The van der Waals surface area contributed by atoms with Crippen LogP contribution in [-0.2, 0) is 4.79 Å². The van der Waals surface area contributed by atoms with E-state index < -0.39 is 6.04 Å². The van der Waals surface area contributed by atoms with Crippen LogP contribution in [0.15, 0.2) is 12.1 Å². The van der Waals surface area contributed by atoms with Crippen LogP contribution in [0.2, 0.25) is 10.0 Å². The van der Waals surface area contributed by atoms with Crippen molar-refractivity contribution in [2.45, 2.75) is 32.9 Å². The van der Waals surface area contributed by atoms with Crippen LogP contribution >= 0.6 is 23.2 Å². The average molecular weight is 290 g/mol. The molecule has 100 valence electrons. The van der Waals surface area contributed by atoms with E-state index in [0.29, 0.717) is 21.4 Å². The number of halogens is 2. The van der Waals surface area contributed by atoms with Crippen LogP contribution in [0.4, 0.5) is 11.4 Å². The highest BCUT2D eigenvalue weighted by Gasteiger charge is 2.16. The summed E-state index contributed by atoms with van der Waals surface area (Å²) in [6.45, 7) is 5.53. The highest BCUT2D eigenvalue weighted by atomic mass is 35.5. The van der Waals surface area contributed by atoms with E-state index in [0.717, 1.165) is 0 Å². The van der Waals surface area contributed by atoms with Crippen molar-refractivity contribution in [1.29, 1.82) is 0 Å². The van der Waals surface area contributed by atoms with Crippen molar-refractivity contribution in [3.8, 4) is 0 Å². The minimum atomic E-state index is -0.439. The molecule has 0 aliphatic rings. The zero-order valence-electron chi connectivity index (χ0n) is 10.6. The summed E-state index contributed by atoms with van der Waals surface area (Å²) in [6, 6.07) is 2.82. The van der Waals surface area contributed by atoms with Crippen LogP contribution < -0.4 is 16.4 Å². The maximum absolute atomic E-state index is 11.8. The van der Waals surface area contributed by atoms with Crippen molar-refractivity contribution in [2.24, 2.45) is 0 Å². The zero-order valence-corrected chi connectivity index (χ0v) is 12.1. The molecule has 4 N–H and O–H groups in total. The van der Waals surface area contributed by atoms with Crippen LogP contribution in [0.25, 0.3) is 0 Å². The SMILES string of the molecule is CC(C)NC(=O)C(C)Nc1c(Cl)cc(N)cc1Cl. The second kappa shape index (κ2) is 6.16. The summed E-state index contributed by atoms with van der Waals surface area (Å²) in [5.74, 6) is -0.117. The van der Waals surface area contributed by atoms with Crippen molar-refractivity contribution < 1.29 is 4.79 Å². The molecule has 0 fully saturated rings. The van der Waals surface area contributed by atoms with Crippen molar-refractivity contribution in [3.05, 3.63) is 22.2 Å². The second-order valence-corrected chi connectivity index (χ2v) is 5.20. The monoisotopic (exact) mass is 289 g/mol. The Bertz CT molecular complexity index is 426. The standard InChI is InChI=1S/C12H17Cl2N3O/c1-6(2)16-12(18)7(3)17-11-9(13)4-8(15)5-10(11)14/h4-7,17H,15H2,1-3H3,(H,16,18). The Hall–Kier alpha value is -1.13. The minimum absolute atomic E-state index is 0.0825. The highest BCUT2D eigenvalue weighted by Crippen LogP contribution is 2.33. The predicted molar refractivity (Wildman–Crippen MR) is 77.2 cm³/mol. The molecular weight excluding hydrogens is 273 g/mol. The quantitative estimate of drug-likeness (QED) is 0.747. The van der Waals surface area contributed by atoms with E-state index in [1.54, 1.807) is 19.1 Å². The van der Waals surface area contributed by atoms with E-state index in [1.807, 2.05) is 13.8 Å². The lowest BCUT2D eigenvalue weighted by molar-refractivity contribution is -0.122. The lowest BCUT2D eigenvalue weighted by Gasteiger charge is -2.19. The molecule has 0 saturated heterocycles. The second-order valence-electron chi connectivity index (χ2n) is 4.39. The molecule has 6 heteroatoms. The third-order valence-electron chi connectivity index (χ3n) is 2.25. The lowest BCUT2D eigenvalue weighted by Crippen LogP contribution is -2.41. The number of nitrogens with one attached hydrogen (secondary N) is 2. The van der Waals surface area contributed by atoms with Gasteiger partial charge in [-0.2, -0.15) is 0 Å². The van der Waals surface area contributed by atoms with E-state index in [1.165, 1.54) is 0 Å². The third kappa shape index (κ3) is 3.96. The highest BCUT2D eigenvalue weighted by molar-refractivity contribution is 6.39. The van der Waals surface area contributed by atoms with Gasteiger partial charge in [-0.25, -0.2) is 0 Å². The number of hydrogen-bond acceptors (Lipinski definition) is 3. The van der Waals surface area contributed by atoms with Gasteiger partial charge in [0.2, 0.25) is 5.91 Å². The maximum Gasteiger partial charge on any atom is 0.242 e. The summed E-state index contributed by atoms with van der Waals surface area (Å²) in [4.78, 5) is 11.8. The topological polar surface area (TPSA) is 67.2 Å². The molecule has 18 heavy (non-hydrogen) atoms. The molecule has 0 bridgehead atoms. The largest absolute Gasteiger partial charge is 0.399 e. The van der Waals surface area contributed by atoms with Crippen molar-refractivity contribution >= 4 is 40.5 Å². The Kier molecular flexibility index (Phi) is 5.11. The number of nitrogen functional groups attached to an aromatic ring is 1. The number of carbonyl (C=O) groups excluding carboxylic acids is 1. The molecule has 1 rings (SSSR count). The molecule has 4 nitrogen and oxygen atoms in total. The summed E-state index contributed by atoms with van der Waals surface area (Å²) in [5.41, 5.74) is 6.60. The predicted octanol–water partition coefficient (Wildman–Crippen LogP) is 2.90. The average Bonchev–Trinajstić information content (AvgIpc) is 2.21. The van der Waals surface area contributed by atoms with Crippen molar-refractivity contribution in [3.63, 3.8) is 0 Å². The first kappa shape index (κ1) is 14.9. The Labute approximate surface area is 117 Å². The summed E-state index contributed by atoms with van der Waals surface area (Å²) in [7, 11) is 0. The Morgan fingerprint density at radius 1 is 1.22 bits per heavy atom. The maximum atomic E-state index is 11.8. The van der Waals surface area contributed by atoms with Gasteiger partial charge in [-0.3, -0.25) is 4.79 Å². The molecule has 0 aliphatic heterocycles. The lowest BCUT2D eigenvalue weighted by atomic mass is 10.2. The van der Waals surface area contributed by atoms with Gasteiger partial charge in [-0.05, 0) is 32.9 Å². The van der Waals surface area contributed by atoms with Gasteiger partial charge >= 0.3 is 0 Å².